The van der Waals surface area contributed by atoms with Gasteiger partial charge in [0.25, 0.3) is 0 Å². The maximum atomic E-state index is 6.04. The maximum absolute atomic E-state index is 6.04. The number of anilines is 1. The molecule has 3 rings (SSSR count). The van der Waals surface area contributed by atoms with Crippen LogP contribution in [0.15, 0.2) is 46.9 Å². The molecular formula is C14H12BrN3. The third-order valence-electron chi connectivity index (χ3n) is 2.93. The smallest absolute Gasteiger partial charge is 0.205 e. The van der Waals surface area contributed by atoms with Gasteiger partial charge < -0.3 is 5.73 Å². The number of fused-ring (bicyclic) bond motifs is 1. The zero-order valence-electron chi connectivity index (χ0n) is 9.89. The molecule has 2 aromatic carbocycles. The fraction of sp³-hybridized carbons (Fsp3) is 0.0714. The Morgan fingerprint density at radius 1 is 1.17 bits per heavy atom. The molecule has 0 radical (unpaired) electrons. The van der Waals surface area contributed by atoms with Crippen molar-refractivity contribution in [1.82, 2.24) is 9.55 Å². The van der Waals surface area contributed by atoms with Gasteiger partial charge >= 0.3 is 0 Å². The summed E-state index contributed by atoms with van der Waals surface area (Å²) in [4.78, 5) is 4.38. The number of aryl methyl sites for hydroxylation is 1. The van der Waals surface area contributed by atoms with Crippen molar-refractivity contribution >= 4 is 32.9 Å². The molecule has 4 heteroatoms. The van der Waals surface area contributed by atoms with Gasteiger partial charge in [0, 0.05) is 4.47 Å². The van der Waals surface area contributed by atoms with E-state index in [0.717, 1.165) is 21.2 Å². The van der Waals surface area contributed by atoms with E-state index in [1.807, 2.05) is 34.9 Å². The number of nitrogens with zero attached hydrogens (tertiary/aromatic N) is 2. The minimum atomic E-state index is 0.502. The van der Waals surface area contributed by atoms with E-state index in [0.29, 0.717) is 5.95 Å². The summed E-state index contributed by atoms with van der Waals surface area (Å²) in [5.41, 5.74) is 10.2. The van der Waals surface area contributed by atoms with Crippen molar-refractivity contribution in [2.24, 2.45) is 0 Å². The second-order valence-electron chi connectivity index (χ2n) is 4.25. The van der Waals surface area contributed by atoms with E-state index in [2.05, 4.69) is 40.0 Å². The number of halogens is 1. The zero-order chi connectivity index (χ0) is 12.7. The summed E-state index contributed by atoms with van der Waals surface area (Å²) in [7, 11) is 0. The van der Waals surface area contributed by atoms with Crippen LogP contribution in [-0.4, -0.2) is 9.55 Å². The number of nitrogen functional groups attached to an aromatic ring is 1. The summed E-state index contributed by atoms with van der Waals surface area (Å²) in [6, 6.07) is 14.1. The lowest BCUT2D eigenvalue weighted by molar-refractivity contribution is 1.10. The topological polar surface area (TPSA) is 43.8 Å². The Bertz CT molecular complexity index is 731. The number of rotatable bonds is 1. The normalized spacial score (nSPS) is 11.0. The fourth-order valence-electron chi connectivity index (χ4n) is 2.09. The minimum Gasteiger partial charge on any atom is -0.369 e. The third-order valence-corrected chi connectivity index (χ3v) is 3.60. The molecule has 0 saturated heterocycles. The van der Waals surface area contributed by atoms with Gasteiger partial charge in [-0.3, -0.25) is 4.57 Å². The van der Waals surface area contributed by atoms with Gasteiger partial charge in [0.1, 0.15) is 0 Å². The van der Waals surface area contributed by atoms with Gasteiger partial charge in [0.05, 0.1) is 16.7 Å². The van der Waals surface area contributed by atoms with Gasteiger partial charge in [-0.2, -0.15) is 0 Å². The van der Waals surface area contributed by atoms with Crippen LogP contribution >= 0.6 is 15.9 Å². The van der Waals surface area contributed by atoms with Crippen LogP contribution in [0.25, 0.3) is 16.7 Å². The number of benzene rings is 2. The first-order valence-corrected chi connectivity index (χ1v) is 6.45. The van der Waals surface area contributed by atoms with E-state index >= 15 is 0 Å². The molecule has 0 aliphatic carbocycles. The molecule has 0 amide bonds. The van der Waals surface area contributed by atoms with Crippen molar-refractivity contribution in [2.75, 3.05) is 5.73 Å². The first kappa shape index (κ1) is 11.3. The van der Waals surface area contributed by atoms with Crippen molar-refractivity contribution in [1.29, 1.82) is 0 Å². The average molecular weight is 302 g/mol. The molecule has 0 fully saturated rings. The van der Waals surface area contributed by atoms with Gasteiger partial charge in [-0.1, -0.05) is 18.2 Å². The summed E-state index contributed by atoms with van der Waals surface area (Å²) in [5, 5.41) is 0. The van der Waals surface area contributed by atoms with Gasteiger partial charge in [0.2, 0.25) is 5.95 Å². The average Bonchev–Trinajstić information content (AvgIpc) is 2.68. The molecule has 3 nitrogen and oxygen atoms in total. The molecule has 1 heterocycles. The van der Waals surface area contributed by atoms with Crippen LogP contribution in [0.4, 0.5) is 5.95 Å². The number of nitrogens with two attached hydrogens (primary N) is 1. The van der Waals surface area contributed by atoms with E-state index in [-0.39, 0.29) is 0 Å². The molecule has 0 unspecified atom stereocenters. The number of imidazole rings is 1. The van der Waals surface area contributed by atoms with E-state index in [4.69, 9.17) is 5.73 Å². The molecule has 1 aromatic heterocycles. The van der Waals surface area contributed by atoms with Crippen LogP contribution < -0.4 is 5.73 Å². The second kappa shape index (κ2) is 4.14. The Balaban J connectivity index is 2.37. The Kier molecular flexibility index (Phi) is 2.59. The predicted octanol–water partition coefficient (Wildman–Crippen LogP) is 3.68. The largest absolute Gasteiger partial charge is 0.369 e. The van der Waals surface area contributed by atoms with Crippen molar-refractivity contribution in [2.45, 2.75) is 6.92 Å². The van der Waals surface area contributed by atoms with Crippen LogP contribution in [0, 0.1) is 6.92 Å². The van der Waals surface area contributed by atoms with Gasteiger partial charge in [0.15, 0.2) is 0 Å². The summed E-state index contributed by atoms with van der Waals surface area (Å²) in [6.45, 7) is 2.06. The lowest BCUT2D eigenvalue weighted by Gasteiger charge is -2.09. The fourth-order valence-corrected chi connectivity index (χ4v) is 2.52. The summed E-state index contributed by atoms with van der Waals surface area (Å²) >= 11 is 3.57. The van der Waals surface area contributed by atoms with Gasteiger partial charge in [-0.05, 0) is 52.7 Å². The maximum Gasteiger partial charge on any atom is 0.205 e. The monoisotopic (exact) mass is 301 g/mol. The highest BCUT2D eigenvalue weighted by atomic mass is 79.9. The molecule has 0 atom stereocenters. The van der Waals surface area contributed by atoms with Crippen LogP contribution in [0.2, 0.25) is 0 Å². The standard InChI is InChI=1S/C14H12BrN3/c1-9-6-7-10(15)13(8-9)18-12-5-3-2-4-11(12)17-14(18)16/h2-8H,1H3,(H2,16,17). The molecular weight excluding hydrogens is 290 g/mol. The number of para-hydroxylation sites is 2. The quantitative estimate of drug-likeness (QED) is 0.745. The summed E-state index contributed by atoms with van der Waals surface area (Å²) in [5.74, 6) is 0.502. The lowest BCUT2D eigenvalue weighted by Crippen LogP contribution is -2.01. The van der Waals surface area contributed by atoms with Crippen LogP contribution in [0.3, 0.4) is 0 Å². The Morgan fingerprint density at radius 3 is 2.78 bits per heavy atom. The van der Waals surface area contributed by atoms with Gasteiger partial charge in [-0.25, -0.2) is 4.98 Å². The molecule has 3 aromatic rings. The van der Waals surface area contributed by atoms with Crippen molar-refractivity contribution in [3.8, 4) is 5.69 Å². The van der Waals surface area contributed by atoms with Crippen molar-refractivity contribution in [3.05, 3.63) is 52.5 Å². The highest BCUT2D eigenvalue weighted by Crippen LogP contribution is 2.28. The highest BCUT2D eigenvalue weighted by Gasteiger charge is 2.11. The van der Waals surface area contributed by atoms with E-state index < -0.39 is 0 Å². The molecule has 2 N–H and O–H groups in total. The SMILES string of the molecule is Cc1ccc(Br)c(-n2c(N)nc3ccccc32)c1. The van der Waals surface area contributed by atoms with Crippen LogP contribution in [0.5, 0.6) is 0 Å². The minimum absolute atomic E-state index is 0.502. The molecule has 0 bridgehead atoms. The summed E-state index contributed by atoms with van der Waals surface area (Å²) in [6.07, 6.45) is 0. The lowest BCUT2D eigenvalue weighted by atomic mass is 10.2. The second-order valence-corrected chi connectivity index (χ2v) is 5.10. The molecule has 0 spiro atoms. The zero-order valence-corrected chi connectivity index (χ0v) is 11.5. The number of hydrogen-bond donors (Lipinski definition) is 1. The van der Waals surface area contributed by atoms with E-state index in [1.165, 1.54) is 5.56 Å². The number of aromatic nitrogens is 2. The molecule has 90 valence electrons. The van der Waals surface area contributed by atoms with Crippen molar-refractivity contribution in [3.63, 3.8) is 0 Å². The highest BCUT2D eigenvalue weighted by molar-refractivity contribution is 9.10. The first-order chi connectivity index (χ1) is 8.66. The van der Waals surface area contributed by atoms with Crippen LogP contribution in [-0.2, 0) is 0 Å². The van der Waals surface area contributed by atoms with E-state index in [1.54, 1.807) is 0 Å². The van der Waals surface area contributed by atoms with Crippen molar-refractivity contribution < 1.29 is 0 Å². The van der Waals surface area contributed by atoms with E-state index in [9.17, 15) is 0 Å². The van der Waals surface area contributed by atoms with Crippen LogP contribution in [0.1, 0.15) is 5.56 Å². The molecule has 18 heavy (non-hydrogen) atoms. The first-order valence-electron chi connectivity index (χ1n) is 5.66. The summed E-state index contributed by atoms with van der Waals surface area (Å²) < 4.78 is 2.97. The third kappa shape index (κ3) is 1.69. The molecule has 0 aliphatic heterocycles. The van der Waals surface area contributed by atoms with Gasteiger partial charge in [-0.15, -0.1) is 0 Å². The molecule has 0 aliphatic rings. The Morgan fingerprint density at radius 2 is 1.94 bits per heavy atom. The predicted molar refractivity (Wildman–Crippen MR) is 77.9 cm³/mol. The Hall–Kier alpha value is -1.81. The number of hydrogen-bond acceptors (Lipinski definition) is 2. The molecule has 0 saturated carbocycles. The Labute approximate surface area is 113 Å².